The third-order valence-electron chi connectivity index (χ3n) is 4.42. The summed E-state index contributed by atoms with van der Waals surface area (Å²) in [5.41, 5.74) is 0.853. The number of H-pyrrole nitrogens is 1. The van der Waals surface area contributed by atoms with Crippen LogP contribution in [0.3, 0.4) is 0 Å². The van der Waals surface area contributed by atoms with Crippen molar-refractivity contribution in [2.75, 3.05) is 0 Å². The summed E-state index contributed by atoms with van der Waals surface area (Å²) < 4.78 is 0. The van der Waals surface area contributed by atoms with Crippen molar-refractivity contribution in [1.29, 1.82) is 0 Å². The number of hydrogen-bond donors (Lipinski definition) is 3. The lowest BCUT2D eigenvalue weighted by Crippen LogP contribution is -2.34. The fourth-order valence-corrected chi connectivity index (χ4v) is 3.86. The van der Waals surface area contributed by atoms with Gasteiger partial charge in [0, 0.05) is 33.6 Å². The molecule has 1 fully saturated rings. The maximum Gasteiger partial charge on any atom is 0.352 e. The average Bonchev–Trinajstić information content (AvgIpc) is 2.93. The molecule has 1 heterocycles. The minimum absolute atomic E-state index is 0.0270. The Morgan fingerprint density at radius 2 is 1.92 bits per heavy atom. The lowest BCUT2D eigenvalue weighted by molar-refractivity contribution is -0.117. The SMILES string of the molecule is O=C(/C=C/c1c(C(=O)O)[nH]c2cc(Cl)cc(Cl)c12)NC1CCCCC1. The quantitative estimate of drug-likeness (QED) is 0.675. The van der Waals surface area contributed by atoms with Crippen LogP contribution in [-0.4, -0.2) is 28.0 Å². The summed E-state index contributed by atoms with van der Waals surface area (Å²) >= 11 is 12.2. The number of carboxylic acids is 1. The van der Waals surface area contributed by atoms with Gasteiger partial charge in [0.15, 0.2) is 0 Å². The van der Waals surface area contributed by atoms with Crippen LogP contribution in [0.4, 0.5) is 0 Å². The Labute approximate surface area is 155 Å². The Morgan fingerprint density at radius 1 is 1.20 bits per heavy atom. The van der Waals surface area contributed by atoms with Gasteiger partial charge in [-0.15, -0.1) is 0 Å². The van der Waals surface area contributed by atoms with E-state index in [0.717, 1.165) is 25.7 Å². The van der Waals surface area contributed by atoms with Crippen LogP contribution in [0.2, 0.25) is 10.0 Å². The van der Waals surface area contributed by atoms with Crippen LogP contribution in [0.5, 0.6) is 0 Å². The molecule has 0 spiro atoms. The first-order valence-electron chi connectivity index (χ1n) is 8.18. The smallest absolute Gasteiger partial charge is 0.352 e. The Balaban J connectivity index is 1.90. The number of carbonyl (C=O) groups is 2. The van der Waals surface area contributed by atoms with Crippen molar-refractivity contribution in [3.05, 3.63) is 39.5 Å². The number of rotatable bonds is 4. The van der Waals surface area contributed by atoms with Crippen LogP contribution in [0.15, 0.2) is 18.2 Å². The van der Waals surface area contributed by atoms with Gasteiger partial charge < -0.3 is 15.4 Å². The summed E-state index contributed by atoms with van der Waals surface area (Å²) in [5.74, 6) is -1.36. The van der Waals surface area contributed by atoms with Gasteiger partial charge in [-0.1, -0.05) is 42.5 Å². The van der Waals surface area contributed by atoms with E-state index in [9.17, 15) is 14.7 Å². The van der Waals surface area contributed by atoms with E-state index < -0.39 is 5.97 Å². The predicted molar refractivity (Wildman–Crippen MR) is 99.3 cm³/mol. The summed E-state index contributed by atoms with van der Waals surface area (Å²) in [7, 11) is 0. The zero-order valence-corrected chi connectivity index (χ0v) is 15.0. The fourth-order valence-electron chi connectivity index (χ4n) is 3.26. The summed E-state index contributed by atoms with van der Waals surface area (Å²) in [6.45, 7) is 0. The topological polar surface area (TPSA) is 82.2 Å². The molecule has 5 nitrogen and oxygen atoms in total. The Morgan fingerprint density at radius 3 is 2.60 bits per heavy atom. The molecule has 7 heteroatoms. The van der Waals surface area contributed by atoms with Crippen molar-refractivity contribution in [3.8, 4) is 0 Å². The molecule has 0 radical (unpaired) electrons. The van der Waals surface area contributed by atoms with Gasteiger partial charge in [-0.2, -0.15) is 0 Å². The van der Waals surface area contributed by atoms with Crippen LogP contribution >= 0.6 is 23.2 Å². The molecule has 1 amide bonds. The van der Waals surface area contributed by atoms with Gasteiger partial charge in [0.2, 0.25) is 5.91 Å². The highest BCUT2D eigenvalue weighted by Crippen LogP contribution is 2.33. The molecule has 3 N–H and O–H groups in total. The number of hydrogen-bond acceptors (Lipinski definition) is 2. The lowest BCUT2D eigenvalue weighted by atomic mass is 9.95. The molecule has 1 aromatic heterocycles. The highest BCUT2D eigenvalue weighted by Gasteiger charge is 2.19. The predicted octanol–water partition coefficient (Wildman–Crippen LogP) is 4.64. The van der Waals surface area contributed by atoms with E-state index in [1.807, 2.05) is 0 Å². The van der Waals surface area contributed by atoms with Gasteiger partial charge in [-0.25, -0.2) is 4.79 Å². The van der Waals surface area contributed by atoms with E-state index in [1.54, 1.807) is 12.1 Å². The van der Waals surface area contributed by atoms with Crippen LogP contribution in [0.25, 0.3) is 17.0 Å². The number of halogens is 2. The number of amides is 1. The first kappa shape index (κ1) is 17.8. The molecule has 132 valence electrons. The maximum absolute atomic E-state index is 12.2. The molecule has 0 saturated heterocycles. The normalized spacial score (nSPS) is 15.8. The molecule has 0 unspecified atom stereocenters. The van der Waals surface area contributed by atoms with Crippen molar-refractivity contribution < 1.29 is 14.7 Å². The summed E-state index contributed by atoms with van der Waals surface area (Å²) in [6.07, 6.45) is 8.26. The first-order chi connectivity index (χ1) is 12.0. The van der Waals surface area contributed by atoms with E-state index >= 15 is 0 Å². The monoisotopic (exact) mass is 380 g/mol. The number of benzene rings is 1. The molecular formula is C18H18Cl2N2O3. The molecule has 1 aromatic carbocycles. The average molecular weight is 381 g/mol. The standard InChI is InChI=1S/C18H18Cl2N2O3/c19-10-8-13(20)16-12(17(18(24)25)22-14(16)9-10)6-7-15(23)21-11-4-2-1-3-5-11/h6-9,11,22H,1-5H2,(H,21,23)(H,24,25)/b7-6+. The molecule has 1 aliphatic carbocycles. The molecule has 0 aliphatic heterocycles. The third kappa shape index (κ3) is 3.99. The number of carbonyl (C=O) groups excluding carboxylic acids is 1. The van der Waals surface area contributed by atoms with Crippen molar-refractivity contribution in [2.24, 2.45) is 0 Å². The van der Waals surface area contributed by atoms with E-state index in [2.05, 4.69) is 10.3 Å². The molecule has 3 rings (SSSR count). The van der Waals surface area contributed by atoms with Crippen molar-refractivity contribution in [1.82, 2.24) is 10.3 Å². The zero-order valence-electron chi connectivity index (χ0n) is 13.4. The summed E-state index contributed by atoms with van der Waals surface area (Å²) in [4.78, 5) is 26.5. The zero-order chi connectivity index (χ0) is 18.0. The molecule has 2 aromatic rings. The second-order valence-corrected chi connectivity index (χ2v) is 7.05. The van der Waals surface area contributed by atoms with Crippen molar-refractivity contribution in [2.45, 2.75) is 38.1 Å². The highest BCUT2D eigenvalue weighted by molar-refractivity contribution is 6.39. The third-order valence-corrected chi connectivity index (χ3v) is 4.94. The molecule has 0 atom stereocenters. The van der Waals surface area contributed by atoms with Crippen molar-refractivity contribution >= 4 is 52.1 Å². The van der Waals surface area contributed by atoms with Gasteiger partial charge in [-0.3, -0.25) is 4.79 Å². The Bertz CT molecular complexity index is 852. The van der Waals surface area contributed by atoms with Gasteiger partial charge in [0.05, 0.1) is 5.02 Å². The molecule has 25 heavy (non-hydrogen) atoms. The fraction of sp³-hybridized carbons (Fsp3) is 0.333. The van der Waals surface area contributed by atoms with E-state index in [4.69, 9.17) is 23.2 Å². The molecule has 1 aliphatic rings. The second-order valence-electron chi connectivity index (χ2n) is 6.21. The van der Waals surface area contributed by atoms with Gasteiger partial charge in [-0.05, 0) is 31.1 Å². The number of nitrogens with one attached hydrogen (secondary N) is 2. The number of aromatic carboxylic acids is 1. The Hall–Kier alpha value is -1.98. The first-order valence-corrected chi connectivity index (χ1v) is 8.94. The second kappa shape index (κ2) is 7.50. The summed E-state index contributed by atoms with van der Waals surface area (Å²) in [5, 5.41) is 13.6. The number of fused-ring (bicyclic) bond motifs is 1. The number of carboxylic acid groups (broad SMARTS) is 1. The van der Waals surface area contributed by atoms with E-state index in [-0.39, 0.29) is 17.6 Å². The van der Waals surface area contributed by atoms with Crippen molar-refractivity contribution in [3.63, 3.8) is 0 Å². The molecular weight excluding hydrogens is 363 g/mol. The largest absolute Gasteiger partial charge is 0.477 e. The van der Waals surface area contributed by atoms with Crippen LogP contribution in [0.1, 0.15) is 48.2 Å². The van der Waals surface area contributed by atoms with E-state index in [0.29, 0.717) is 26.5 Å². The molecule has 0 bridgehead atoms. The minimum atomic E-state index is -1.13. The van der Waals surface area contributed by atoms with Gasteiger partial charge >= 0.3 is 5.97 Å². The van der Waals surface area contributed by atoms with Crippen LogP contribution < -0.4 is 5.32 Å². The van der Waals surface area contributed by atoms with Gasteiger partial charge in [0.25, 0.3) is 0 Å². The number of aromatic nitrogens is 1. The Kier molecular flexibility index (Phi) is 5.35. The van der Waals surface area contributed by atoms with Crippen LogP contribution in [-0.2, 0) is 4.79 Å². The van der Waals surface area contributed by atoms with Crippen LogP contribution in [0, 0.1) is 0 Å². The number of aromatic amines is 1. The van der Waals surface area contributed by atoms with Gasteiger partial charge in [0.1, 0.15) is 5.69 Å². The lowest BCUT2D eigenvalue weighted by Gasteiger charge is -2.21. The van der Waals surface area contributed by atoms with E-state index in [1.165, 1.54) is 18.6 Å². The summed E-state index contributed by atoms with van der Waals surface area (Å²) in [6, 6.07) is 3.34. The minimum Gasteiger partial charge on any atom is -0.477 e. The molecule has 1 saturated carbocycles. The highest BCUT2D eigenvalue weighted by atomic mass is 35.5. The maximum atomic E-state index is 12.2.